The van der Waals surface area contributed by atoms with Gasteiger partial charge in [0.15, 0.2) is 16.3 Å². The van der Waals surface area contributed by atoms with Crippen LogP contribution in [-0.4, -0.2) is 35.4 Å². The zero-order valence-electron chi connectivity index (χ0n) is 16.4. The molecule has 0 saturated carbocycles. The number of aromatic nitrogens is 2. The first-order valence-electron chi connectivity index (χ1n) is 9.27. The van der Waals surface area contributed by atoms with Gasteiger partial charge in [-0.25, -0.2) is 0 Å². The van der Waals surface area contributed by atoms with Crippen molar-refractivity contribution in [2.24, 2.45) is 0 Å². The molecule has 1 aromatic heterocycles. The number of methoxy groups -OCH3 is 2. The van der Waals surface area contributed by atoms with Gasteiger partial charge < -0.3 is 19.9 Å². The lowest BCUT2D eigenvalue weighted by atomic mass is 9.90. The van der Waals surface area contributed by atoms with Gasteiger partial charge in [0.25, 0.3) is 5.56 Å². The first kappa shape index (κ1) is 20.5. The third kappa shape index (κ3) is 3.47. The number of aromatic amines is 1. The second-order valence-corrected chi connectivity index (χ2v) is 7.68. The zero-order chi connectivity index (χ0) is 21.4. The second kappa shape index (κ2) is 8.14. The van der Waals surface area contributed by atoms with Crippen molar-refractivity contribution in [3.05, 3.63) is 73.2 Å². The minimum absolute atomic E-state index is 0.0758. The van der Waals surface area contributed by atoms with E-state index in [0.29, 0.717) is 28.8 Å². The van der Waals surface area contributed by atoms with E-state index >= 15 is 0 Å². The normalized spacial score (nSPS) is 15.5. The summed E-state index contributed by atoms with van der Waals surface area (Å²) in [4.78, 5) is 15.5. The number of nitrogens with zero attached hydrogens (tertiary/aromatic N) is 1. The van der Waals surface area contributed by atoms with Crippen LogP contribution in [0, 0.1) is 4.77 Å². The van der Waals surface area contributed by atoms with Crippen LogP contribution in [0.5, 0.6) is 17.4 Å². The van der Waals surface area contributed by atoms with Gasteiger partial charge in [0.05, 0.1) is 31.5 Å². The summed E-state index contributed by atoms with van der Waals surface area (Å²) in [5.74, 6) is 0.916. The number of H-pyrrole nitrogens is 1. The summed E-state index contributed by atoms with van der Waals surface area (Å²) in [6.45, 7) is 0.624. The first-order valence-corrected chi connectivity index (χ1v) is 10.1. The molecular formula is C21H20ClN3O4S. The lowest BCUT2D eigenvalue weighted by Crippen LogP contribution is -2.35. The van der Waals surface area contributed by atoms with E-state index in [9.17, 15) is 9.90 Å². The molecule has 7 nitrogen and oxygen atoms in total. The third-order valence-electron chi connectivity index (χ3n) is 5.18. The largest absolute Gasteiger partial charge is 0.494 e. The van der Waals surface area contributed by atoms with Crippen molar-refractivity contribution >= 4 is 23.8 Å². The molecule has 9 heteroatoms. The van der Waals surface area contributed by atoms with Crippen molar-refractivity contribution in [2.75, 3.05) is 20.8 Å². The van der Waals surface area contributed by atoms with Crippen molar-refractivity contribution in [1.29, 1.82) is 0 Å². The van der Waals surface area contributed by atoms with Crippen LogP contribution in [0.1, 0.15) is 22.7 Å². The predicted octanol–water partition coefficient (Wildman–Crippen LogP) is 3.51. The fraction of sp³-hybridized carbons (Fsp3) is 0.238. The molecule has 30 heavy (non-hydrogen) atoms. The minimum Gasteiger partial charge on any atom is -0.494 e. The Hall–Kier alpha value is -2.81. The van der Waals surface area contributed by atoms with Crippen molar-refractivity contribution in [1.82, 2.24) is 14.9 Å². The van der Waals surface area contributed by atoms with Gasteiger partial charge in [-0.1, -0.05) is 17.7 Å². The minimum atomic E-state index is -0.557. The van der Waals surface area contributed by atoms with E-state index in [2.05, 4.69) is 10.3 Å². The number of hydrogen-bond donors (Lipinski definition) is 3. The molecule has 1 atom stereocenters. The molecule has 2 aromatic carbocycles. The van der Waals surface area contributed by atoms with Gasteiger partial charge in [0.2, 0.25) is 5.88 Å². The average molecular weight is 446 g/mol. The number of nitrogens with one attached hydrogen (secondary N) is 2. The summed E-state index contributed by atoms with van der Waals surface area (Å²) in [7, 11) is 3.13. The van der Waals surface area contributed by atoms with E-state index in [-0.39, 0.29) is 16.2 Å². The van der Waals surface area contributed by atoms with Crippen molar-refractivity contribution in [2.45, 2.75) is 12.5 Å². The fourth-order valence-electron chi connectivity index (χ4n) is 3.79. The molecule has 3 N–H and O–H groups in total. The summed E-state index contributed by atoms with van der Waals surface area (Å²) in [5.41, 5.74) is 2.08. The van der Waals surface area contributed by atoms with E-state index in [1.165, 1.54) is 4.57 Å². The number of ether oxygens (including phenoxy) is 2. The molecule has 156 valence electrons. The molecule has 1 aliphatic heterocycles. The number of benzene rings is 2. The average Bonchev–Trinajstić information content (AvgIpc) is 2.72. The first-order chi connectivity index (χ1) is 14.4. The van der Waals surface area contributed by atoms with Crippen LogP contribution < -0.4 is 20.3 Å². The van der Waals surface area contributed by atoms with Gasteiger partial charge >= 0.3 is 0 Å². The Balaban J connectivity index is 1.94. The highest BCUT2D eigenvalue weighted by Gasteiger charge is 2.30. The van der Waals surface area contributed by atoms with Crippen LogP contribution in [0.25, 0.3) is 5.69 Å². The Morgan fingerprint density at radius 3 is 2.63 bits per heavy atom. The Morgan fingerprint density at radius 2 is 1.93 bits per heavy atom. The number of fused-ring (bicyclic) bond motifs is 1. The molecule has 4 rings (SSSR count). The van der Waals surface area contributed by atoms with Gasteiger partial charge in [-0.3, -0.25) is 14.3 Å². The van der Waals surface area contributed by atoms with Crippen molar-refractivity contribution in [3.8, 4) is 23.1 Å². The summed E-state index contributed by atoms with van der Waals surface area (Å²) in [6, 6.07) is 10.0. The van der Waals surface area contributed by atoms with E-state index in [1.807, 2.05) is 12.1 Å². The van der Waals surface area contributed by atoms with Crippen LogP contribution in [-0.2, 0) is 6.42 Å². The quantitative estimate of drug-likeness (QED) is 0.533. The molecule has 0 unspecified atom stereocenters. The maximum absolute atomic E-state index is 12.9. The number of aromatic hydroxyl groups is 1. The molecule has 0 radical (unpaired) electrons. The fourth-order valence-corrected chi connectivity index (χ4v) is 4.26. The smallest absolute Gasteiger partial charge is 0.260 e. The monoisotopic (exact) mass is 445 g/mol. The van der Waals surface area contributed by atoms with Gasteiger partial charge in [-0.15, -0.1) is 0 Å². The highest BCUT2D eigenvalue weighted by Crippen LogP contribution is 2.38. The summed E-state index contributed by atoms with van der Waals surface area (Å²) >= 11 is 11.4. The van der Waals surface area contributed by atoms with Crippen LogP contribution in [0.3, 0.4) is 0 Å². The Bertz CT molecular complexity index is 1240. The molecule has 0 saturated heterocycles. The summed E-state index contributed by atoms with van der Waals surface area (Å²) < 4.78 is 12.3. The van der Waals surface area contributed by atoms with Gasteiger partial charge in [-0.05, 0) is 60.1 Å². The molecule has 1 aliphatic rings. The topological polar surface area (TPSA) is 88.5 Å². The van der Waals surface area contributed by atoms with E-state index < -0.39 is 11.6 Å². The third-order valence-corrected chi connectivity index (χ3v) is 5.69. The van der Waals surface area contributed by atoms with Crippen LogP contribution in [0.4, 0.5) is 0 Å². The molecule has 0 amide bonds. The second-order valence-electron chi connectivity index (χ2n) is 6.85. The zero-order valence-corrected chi connectivity index (χ0v) is 17.9. The molecule has 0 spiro atoms. The van der Waals surface area contributed by atoms with E-state index in [4.69, 9.17) is 33.3 Å². The Kier molecular flexibility index (Phi) is 5.55. The van der Waals surface area contributed by atoms with Gasteiger partial charge in [0.1, 0.15) is 0 Å². The molecule has 0 fully saturated rings. The van der Waals surface area contributed by atoms with Crippen LogP contribution in [0.2, 0.25) is 5.02 Å². The molecule has 0 aliphatic carbocycles. The SMILES string of the molecule is COc1cc2c(cc1OC)[C@@H](c1c(O)n(-c3cccc(Cl)c3)c(=S)[nH]c1=O)NCC2. The highest BCUT2D eigenvalue weighted by molar-refractivity contribution is 7.71. The van der Waals surface area contributed by atoms with Crippen molar-refractivity contribution < 1.29 is 14.6 Å². The van der Waals surface area contributed by atoms with Crippen molar-refractivity contribution in [3.63, 3.8) is 0 Å². The Labute approximate surface area is 182 Å². The van der Waals surface area contributed by atoms with E-state index in [1.54, 1.807) is 38.5 Å². The lowest BCUT2D eigenvalue weighted by Gasteiger charge is -2.29. The molecular weight excluding hydrogens is 426 g/mol. The number of halogens is 1. The molecule has 2 heterocycles. The summed E-state index contributed by atoms with van der Waals surface area (Å²) in [5, 5.41) is 14.9. The standard InChI is InChI=1S/C21H20ClN3O4S/c1-28-15-8-11-6-7-23-18(14(11)10-16(15)29-2)17-19(26)24-21(30)25(20(17)27)13-5-3-4-12(22)9-13/h3-5,8-10,18,23,27H,6-7H2,1-2H3,(H,24,26,30)/t18-/m0/s1. The van der Waals surface area contributed by atoms with Crippen LogP contribution in [0.15, 0.2) is 41.2 Å². The highest BCUT2D eigenvalue weighted by atomic mass is 35.5. The van der Waals surface area contributed by atoms with E-state index in [0.717, 1.165) is 17.5 Å². The molecule has 0 bridgehead atoms. The summed E-state index contributed by atoms with van der Waals surface area (Å²) in [6.07, 6.45) is 0.748. The Morgan fingerprint density at radius 1 is 1.20 bits per heavy atom. The number of rotatable bonds is 4. The lowest BCUT2D eigenvalue weighted by molar-refractivity contribution is 0.352. The maximum atomic E-state index is 12.9. The maximum Gasteiger partial charge on any atom is 0.260 e. The number of hydrogen-bond acceptors (Lipinski definition) is 6. The predicted molar refractivity (Wildman–Crippen MR) is 117 cm³/mol. The van der Waals surface area contributed by atoms with Gasteiger partial charge in [0, 0.05) is 11.6 Å². The van der Waals surface area contributed by atoms with Gasteiger partial charge in [-0.2, -0.15) is 0 Å². The molecule has 3 aromatic rings. The van der Waals surface area contributed by atoms with Crippen LogP contribution >= 0.6 is 23.8 Å².